The minimum absolute atomic E-state index is 0.0751. The highest BCUT2D eigenvalue weighted by Crippen LogP contribution is 2.20. The van der Waals surface area contributed by atoms with E-state index < -0.39 is 0 Å². The number of carbonyl (C=O) groups excluding carboxylic acids is 1. The molecule has 0 bridgehead atoms. The molecule has 2 aromatic rings. The number of nitrogens with one attached hydrogen (secondary N) is 1. The zero-order chi connectivity index (χ0) is 18.5. The number of benzene rings is 2. The molecular weight excluding hydrogens is 329 g/mol. The molecule has 4 nitrogen and oxygen atoms in total. The Morgan fingerprint density at radius 3 is 2.31 bits per heavy atom. The molecule has 1 saturated heterocycles. The molecule has 138 valence electrons. The lowest BCUT2D eigenvalue weighted by Gasteiger charge is -2.36. The van der Waals surface area contributed by atoms with Crippen LogP contribution < -0.4 is 10.2 Å². The van der Waals surface area contributed by atoms with Gasteiger partial charge in [-0.25, -0.2) is 4.39 Å². The first kappa shape index (κ1) is 18.2. The quantitative estimate of drug-likeness (QED) is 0.888. The number of rotatable bonds is 5. The number of amides is 1. The van der Waals surface area contributed by atoms with E-state index in [4.69, 9.17) is 0 Å². The summed E-state index contributed by atoms with van der Waals surface area (Å²) in [5.41, 5.74) is 2.85. The maximum atomic E-state index is 13.9. The van der Waals surface area contributed by atoms with Crippen LogP contribution in [0.1, 0.15) is 25.3 Å². The summed E-state index contributed by atoms with van der Waals surface area (Å²) in [7, 11) is 0. The van der Waals surface area contributed by atoms with Crippen molar-refractivity contribution >= 4 is 17.3 Å². The maximum absolute atomic E-state index is 13.9. The molecule has 1 fully saturated rings. The number of hydrogen-bond acceptors (Lipinski definition) is 3. The standard InChI is InChI=1S/C21H26FN3O/c1-16(2)17-7-9-18(10-8-17)23-15-21(26)25-13-11-24(12-14-25)20-6-4-3-5-19(20)22/h3-10,16,23H,11-15H2,1-2H3. The first-order chi connectivity index (χ1) is 12.5. The number of piperazine rings is 1. The summed E-state index contributed by atoms with van der Waals surface area (Å²) in [6.07, 6.45) is 0. The van der Waals surface area contributed by atoms with Gasteiger partial charge in [-0.1, -0.05) is 38.1 Å². The third-order valence-corrected chi connectivity index (χ3v) is 4.85. The van der Waals surface area contributed by atoms with Crippen molar-refractivity contribution in [2.24, 2.45) is 0 Å². The zero-order valence-electron chi connectivity index (χ0n) is 15.4. The van der Waals surface area contributed by atoms with Gasteiger partial charge in [0.2, 0.25) is 5.91 Å². The van der Waals surface area contributed by atoms with Crippen LogP contribution in [-0.2, 0) is 4.79 Å². The molecule has 0 unspecified atom stereocenters. The lowest BCUT2D eigenvalue weighted by Crippen LogP contribution is -2.50. The van der Waals surface area contributed by atoms with Crippen LogP contribution in [0.5, 0.6) is 0 Å². The fraction of sp³-hybridized carbons (Fsp3) is 0.381. The van der Waals surface area contributed by atoms with E-state index in [0.29, 0.717) is 37.8 Å². The molecule has 0 aliphatic carbocycles. The van der Waals surface area contributed by atoms with E-state index in [1.165, 1.54) is 11.6 Å². The van der Waals surface area contributed by atoms with E-state index in [-0.39, 0.29) is 18.3 Å². The smallest absolute Gasteiger partial charge is 0.241 e. The molecular formula is C21H26FN3O. The van der Waals surface area contributed by atoms with Gasteiger partial charge < -0.3 is 15.1 Å². The minimum atomic E-state index is -0.209. The maximum Gasteiger partial charge on any atom is 0.241 e. The predicted octanol–water partition coefficient (Wildman–Crippen LogP) is 3.71. The van der Waals surface area contributed by atoms with Crippen molar-refractivity contribution in [2.75, 3.05) is 42.9 Å². The monoisotopic (exact) mass is 355 g/mol. The van der Waals surface area contributed by atoms with Crippen molar-refractivity contribution < 1.29 is 9.18 Å². The first-order valence-corrected chi connectivity index (χ1v) is 9.15. The molecule has 0 spiro atoms. The van der Waals surface area contributed by atoms with Crippen molar-refractivity contribution in [3.05, 3.63) is 59.9 Å². The Labute approximate surface area is 154 Å². The van der Waals surface area contributed by atoms with E-state index in [2.05, 4.69) is 31.3 Å². The molecule has 1 aliphatic heterocycles. The summed E-state index contributed by atoms with van der Waals surface area (Å²) in [5.74, 6) is 0.362. The van der Waals surface area contributed by atoms with E-state index in [0.717, 1.165) is 5.69 Å². The molecule has 1 aliphatic rings. The van der Waals surface area contributed by atoms with E-state index in [1.807, 2.05) is 28.0 Å². The molecule has 2 aromatic carbocycles. The lowest BCUT2D eigenvalue weighted by atomic mass is 10.0. The highest BCUT2D eigenvalue weighted by molar-refractivity contribution is 5.81. The molecule has 0 saturated carbocycles. The predicted molar refractivity (Wildman–Crippen MR) is 104 cm³/mol. The molecule has 1 amide bonds. The van der Waals surface area contributed by atoms with Gasteiger partial charge in [-0.15, -0.1) is 0 Å². The van der Waals surface area contributed by atoms with Gasteiger partial charge in [0.1, 0.15) is 5.82 Å². The van der Waals surface area contributed by atoms with Crippen LogP contribution in [0.15, 0.2) is 48.5 Å². The summed E-state index contributed by atoms with van der Waals surface area (Å²) in [6, 6.07) is 15.0. The fourth-order valence-electron chi connectivity index (χ4n) is 3.18. The van der Waals surface area contributed by atoms with Gasteiger partial charge >= 0.3 is 0 Å². The van der Waals surface area contributed by atoms with Gasteiger partial charge in [0.15, 0.2) is 0 Å². The van der Waals surface area contributed by atoms with E-state index in [1.54, 1.807) is 12.1 Å². The fourth-order valence-corrected chi connectivity index (χ4v) is 3.18. The second-order valence-electron chi connectivity index (χ2n) is 6.95. The topological polar surface area (TPSA) is 35.6 Å². The van der Waals surface area contributed by atoms with Crippen molar-refractivity contribution in [2.45, 2.75) is 19.8 Å². The molecule has 0 radical (unpaired) electrons. The van der Waals surface area contributed by atoms with Crippen molar-refractivity contribution in [3.8, 4) is 0 Å². The Hall–Kier alpha value is -2.56. The van der Waals surface area contributed by atoms with Crippen LogP contribution >= 0.6 is 0 Å². The van der Waals surface area contributed by atoms with Crippen LogP contribution in [0.25, 0.3) is 0 Å². The number of para-hydroxylation sites is 1. The SMILES string of the molecule is CC(C)c1ccc(NCC(=O)N2CCN(c3ccccc3F)CC2)cc1. The van der Waals surface area contributed by atoms with Crippen molar-refractivity contribution in [3.63, 3.8) is 0 Å². The van der Waals surface area contributed by atoms with Gasteiger partial charge in [-0.05, 0) is 35.7 Å². The Kier molecular flexibility index (Phi) is 5.76. The molecule has 26 heavy (non-hydrogen) atoms. The van der Waals surface area contributed by atoms with E-state index >= 15 is 0 Å². The average Bonchev–Trinajstić information content (AvgIpc) is 2.67. The number of nitrogens with zero attached hydrogens (tertiary/aromatic N) is 2. The van der Waals surface area contributed by atoms with Crippen molar-refractivity contribution in [1.82, 2.24) is 4.90 Å². The minimum Gasteiger partial charge on any atom is -0.376 e. The second kappa shape index (κ2) is 8.21. The molecule has 0 aromatic heterocycles. The summed E-state index contributed by atoms with van der Waals surface area (Å²) in [4.78, 5) is 16.3. The number of anilines is 2. The summed E-state index contributed by atoms with van der Waals surface area (Å²) in [5, 5.41) is 3.20. The van der Waals surface area contributed by atoms with Crippen molar-refractivity contribution in [1.29, 1.82) is 0 Å². The molecule has 1 heterocycles. The first-order valence-electron chi connectivity index (χ1n) is 9.15. The van der Waals surface area contributed by atoms with Gasteiger partial charge in [0, 0.05) is 31.9 Å². The molecule has 3 rings (SSSR count). The Bertz CT molecular complexity index is 737. The van der Waals surface area contributed by atoms with Crippen LogP contribution in [0, 0.1) is 5.82 Å². The molecule has 1 N–H and O–H groups in total. The van der Waals surface area contributed by atoms with Crippen LogP contribution in [-0.4, -0.2) is 43.5 Å². The number of halogens is 1. The highest BCUT2D eigenvalue weighted by Gasteiger charge is 2.22. The largest absolute Gasteiger partial charge is 0.376 e. The molecule has 5 heteroatoms. The highest BCUT2D eigenvalue weighted by atomic mass is 19.1. The zero-order valence-corrected chi connectivity index (χ0v) is 15.4. The Balaban J connectivity index is 1.48. The van der Waals surface area contributed by atoms with Gasteiger partial charge in [0.25, 0.3) is 0 Å². The van der Waals surface area contributed by atoms with Gasteiger partial charge in [-0.2, -0.15) is 0 Å². The third-order valence-electron chi connectivity index (χ3n) is 4.85. The second-order valence-corrected chi connectivity index (χ2v) is 6.95. The van der Waals surface area contributed by atoms with Crippen LogP contribution in [0.3, 0.4) is 0 Å². The number of carbonyl (C=O) groups is 1. The summed E-state index contributed by atoms with van der Waals surface area (Å²) in [6.45, 7) is 7.12. The van der Waals surface area contributed by atoms with Crippen LogP contribution in [0.4, 0.5) is 15.8 Å². The summed E-state index contributed by atoms with van der Waals surface area (Å²) >= 11 is 0. The number of hydrogen-bond donors (Lipinski definition) is 1. The molecule has 0 atom stereocenters. The van der Waals surface area contributed by atoms with Gasteiger partial charge in [-0.3, -0.25) is 4.79 Å². The lowest BCUT2D eigenvalue weighted by molar-refractivity contribution is -0.129. The third kappa shape index (κ3) is 4.34. The normalized spacial score (nSPS) is 14.6. The van der Waals surface area contributed by atoms with Gasteiger partial charge in [0.05, 0.1) is 12.2 Å². The Morgan fingerprint density at radius 1 is 1.04 bits per heavy atom. The van der Waals surface area contributed by atoms with E-state index in [9.17, 15) is 9.18 Å². The summed E-state index contributed by atoms with van der Waals surface area (Å²) < 4.78 is 13.9. The van der Waals surface area contributed by atoms with Crippen LogP contribution in [0.2, 0.25) is 0 Å². The average molecular weight is 355 g/mol. The Morgan fingerprint density at radius 2 is 1.69 bits per heavy atom.